The minimum Gasteiger partial charge on any atom is -0.487 e. The van der Waals surface area contributed by atoms with Crippen molar-refractivity contribution in [1.82, 2.24) is 4.90 Å². The molecule has 2 fully saturated rings. The molecule has 0 N–H and O–H groups in total. The molecule has 0 radical (unpaired) electrons. The highest BCUT2D eigenvalue weighted by Crippen LogP contribution is 2.38. The molecule has 2 aliphatic rings. The van der Waals surface area contributed by atoms with E-state index in [0.717, 1.165) is 5.56 Å². The molecule has 1 aromatic carbocycles. The van der Waals surface area contributed by atoms with Crippen molar-refractivity contribution in [2.24, 2.45) is 0 Å². The summed E-state index contributed by atoms with van der Waals surface area (Å²) in [5.74, 6) is 0.331. The number of Topliss-reactive ketones (excluding diaryl/α,β-unsaturated/α-hetero) is 1. The summed E-state index contributed by atoms with van der Waals surface area (Å²) in [6, 6.07) is 9.57. The maximum absolute atomic E-state index is 12.2. The number of likely N-dealkylation sites (tertiary alicyclic amines) is 1. The summed E-state index contributed by atoms with van der Waals surface area (Å²) >= 11 is 0. The molecule has 0 unspecified atom stereocenters. The topological polar surface area (TPSA) is 55.8 Å². The maximum atomic E-state index is 12.2. The lowest BCUT2D eigenvalue weighted by molar-refractivity contribution is -0.129. The van der Waals surface area contributed by atoms with Crippen molar-refractivity contribution in [3.63, 3.8) is 0 Å². The number of benzene rings is 1. The van der Waals surface area contributed by atoms with Crippen LogP contribution in [-0.2, 0) is 20.9 Å². The molecule has 1 spiro atoms. The average Bonchev–Trinajstić information content (AvgIpc) is 2.59. The Kier molecular flexibility index (Phi) is 4.42. The van der Waals surface area contributed by atoms with Crippen LogP contribution in [0.2, 0.25) is 0 Å². The minimum absolute atomic E-state index is 0.0219. The van der Waals surface area contributed by atoms with E-state index in [1.807, 2.05) is 30.3 Å². The van der Waals surface area contributed by atoms with Crippen LogP contribution in [0, 0.1) is 0 Å². The SMILES string of the molecule is C=C1OC2(CCN(C(=O)OCc3ccccc3)CC2)CC(=O)C1=C. The fraction of sp³-hybridized carbons (Fsp3) is 0.368. The fourth-order valence-corrected chi connectivity index (χ4v) is 3.10. The van der Waals surface area contributed by atoms with E-state index in [0.29, 0.717) is 43.7 Å². The first-order valence-corrected chi connectivity index (χ1v) is 8.05. The van der Waals surface area contributed by atoms with Crippen LogP contribution >= 0.6 is 0 Å². The zero-order valence-electron chi connectivity index (χ0n) is 13.6. The largest absolute Gasteiger partial charge is 0.487 e. The molecule has 2 heterocycles. The number of rotatable bonds is 2. The van der Waals surface area contributed by atoms with E-state index >= 15 is 0 Å². The van der Waals surface area contributed by atoms with Gasteiger partial charge in [0, 0.05) is 25.9 Å². The number of nitrogens with zero attached hydrogens (tertiary/aromatic N) is 1. The number of allylic oxidation sites excluding steroid dienone is 1. The van der Waals surface area contributed by atoms with Gasteiger partial charge in [-0.1, -0.05) is 43.5 Å². The molecule has 0 bridgehead atoms. The molecule has 2 aliphatic heterocycles. The van der Waals surface area contributed by atoms with E-state index in [4.69, 9.17) is 9.47 Å². The third kappa shape index (κ3) is 3.35. The van der Waals surface area contributed by atoms with Gasteiger partial charge in [0.2, 0.25) is 0 Å². The van der Waals surface area contributed by atoms with Crippen molar-refractivity contribution >= 4 is 11.9 Å². The van der Waals surface area contributed by atoms with E-state index < -0.39 is 5.60 Å². The Morgan fingerprint density at radius 3 is 2.50 bits per heavy atom. The van der Waals surface area contributed by atoms with Gasteiger partial charge in [-0.05, 0) is 5.56 Å². The number of ether oxygens (including phenoxy) is 2. The normalized spacial score (nSPS) is 20.0. The molecule has 24 heavy (non-hydrogen) atoms. The molecule has 5 heteroatoms. The lowest BCUT2D eigenvalue weighted by Crippen LogP contribution is -2.50. The zero-order chi connectivity index (χ0) is 17.2. The van der Waals surface area contributed by atoms with Crippen molar-refractivity contribution in [2.45, 2.75) is 31.5 Å². The van der Waals surface area contributed by atoms with Crippen LogP contribution in [0.25, 0.3) is 0 Å². The Hall–Kier alpha value is -2.56. The fourth-order valence-electron chi connectivity index (χ4n) is 3.10. The molecular formula is C19H21NO4. The summed E-state index contributed by atoms with van der Waals surface area (Å²) in [6.45, 7) is 8.71. The van der Waals surface area contributed by atoms with Gasteiger partial charge in [-0.2, -0.15) is 0 Å². The minimum atomic E-state index is -0.550. The third-order valence-corrected chi connectivity index (χ3v) is 4.63. The second-order valence-corrected chi connectivity index (χ2v) is 6.31. The van der Waals surface area contributed by atoms with Gasteiger partial charge in [-0.3, -0.25) is 4.79 Å². The van der Waals surface area contributed by atoms with Crippen molar-refractivity contribution in [1.29, 1.82) is 0 Å². The molecular weight excluding hydrogens is 306 g/mol. The Morgan fingerprint density at radius 2 is 1.88 bits per heavy atom. The van der Waals surface area contributed by atoms with Gasteiger partial charge in [0.05, 0.1) is 12.0 Å². The number of piperidine rings is 1. The summed E-state index contributed by atoms with van der Waals surface area (Å²) < 4.78 is 11.2. The molecule has 126 valence electrons. The first kappa shape index (κ1) is 16.3. The van der Waals surface area contributed by atoms with Crippen LogP contribution in [0.15, 0.2) is 54.8 Å². The summed E-state index contributed by atoms with van der Waals surface area (Å²) in [4.78, 5) is 25.9. The first-order valence-electron chi connectivity index (χ1n) is 8.05. The smallest absolute Gasteiger partial charge is 0.410 e. The van der Waals surface area contributed by atoms with Gasteiger partial charge < -0.3 is 14.4 Å². The number of carbonyl (C=O) groups is 2. The predicted octanol–water partition coefficient (Wildman–Crippen LogP) is 3.22. The van der Waals surface area contributed by atoms with Crippen LogP contribution in [0.5, 0.6) is 0 Å². The Labute approximate surface area is 141 Å². The lowest BCUT2D eigenvalue weighted by Gasteiger charge is -2.44. The molecule has 0 saturated carbocycles. The average molecular weight is 327 g/mol. The number of hydrogen-bond donors (Lipinski definition) is 0. The van der Waals surface area contributed by atoms with Crippen LogP contribution in [0.3, 0.4) is 0 Å². The van der Waals surface area contributed by atoms with E-state index in [1.165, 1.54) is 0 Å². The summed E-state index contributed by atoms with van der Waals surface area (Å²) in [7, 11) is 0. The molecule has 1 amide bonds. The summed E-state index contributed by atoms with van der Waals surface area (Å²) in [5, 5.41) is 0. The molecule has 2 saturated heterocycles. The van der Waals surface area contributed by atoms with Crippen molar-refractivity contribution in [2.75, 3.05) is 13.1 Å². The number of amides is 1. The van der Waals surface area contributed by atoms with Gasteiger partial charge >= 0.3 is 6.09 Å². The molecule has 5 nitrogen and oxygen atoms in total. The number of carbonyl (C=O) groups excluding carboxylic acids is 2. The van der Waals surface area contributed by atoms with Gasteiger partial charge in [0.15, 0.2) is 5.78 Å². The third-order valence-electron chi connectivity index (χ3n) is 4.63. The molecule has 0 atom stereocenters. The second-order valence-electron chi connectivity index (χ2n) is 6.31. The quantitative estimate of drug-likeness (QED) is 0.783. The van der Waals surface area contributed by atoms with Crippen molar-refractivity contribution < 1.29 is 19.1 Å². The monoisotopic (exact) mass is 327 g/mol. The van der Waals surface area contributed by atoms with Gasteiger partial charge in [0.1, 0.15) is 18.0 Å². The molecule has 0 aliphatic carbocycles. The number of ketones is 1. The van der Waals surface area contributed by atoms with Gasteiger partial charge in [0.25, 0.3) is 0 Å². The lowest BCUT2D eigenvalue weighted by atomic mass is 9.82. The predicted molar refractivity (Wildman–Crippen MR) is 89.2 cm³/mol. The van der Waals surface area contributed by atoms with E-state index in [2.05, 4.69) is 13.2 Å². The Morgan fingerprint density at radius 1 is 1.21 bits per heavy atom. The van der Waals surface area contributed by atoms with Crippen molar-refractivity contribution in [3.05, 3.63) is 60.4 Å². The van der Waals surface area contributed by atoms with Crippen LogP contribution < -0.4 is 0 Å². The van der Waals surface area contributed by atoms with E-state index in [9.17, 15) is 9.59 Å². The van der Waals surface area contributed by atoms with E-state index in [-0.39, 0.29) is 18.5 Å². The van der Waals surface area contributed by atoms with Crippen LogP contribution in [-0.4, -0.2) is 35.5 Å². The zero-order valence-corrected chi connectivity index (χ0v) is 13.6. The Balaban J connectivity index is 1.53. The van der Waals surface area contributed by atoms with Gasteiger partial charge in [-0.15, -0.1) is 0 Å². The van der Waals surface area contributed by atoms with E-state index in [1.54, 1.807) is 4.90 Å². The van der Waals surface area contributed by atoms with Crippen molar-refractivity contribution in [3.8, 4) is 0 Å². The number of hydrogen-bond acceptors (Lipinski definition) is 4. The van der Waals surface area contributed by atoms with Crippen LogP contribution in [0.1, 0.15) is 24.8 Å². The highest BCUT2D eigenvalue weighted by atomic mass is 16.6. The Bertz CT molecular complexity index is 650. The molecule has 3 rings (SSSR count). The summed E-state index contributed by atoms with van der Waals surface area (Å²) in [5.41, 5.74) is 0.756. The standard InChI is InChI=1S/C19H21NO4/c1-14-15(2)24-19(12-17(14)21)8-10-20(11-9-19)18(22)23-13-16-6-4-3-5-7-16/h3-7H,1-2,8-13H2. The second kappa shape index (κ2) is 6.51. The molecule has 1 aromatic rings. The van der Waals surface area contributed by atoms with Gasteiger partial charge in [-0.25, -0.2) is 4.79 Å². The molecule has 0 aromatic heterocycles. The summed E-state index contributed by atoms with van der Waals surface area (Å²) in [6.07, 6.45) is 1.15. The maximum Gasteiger partial charge on any atom is 0.410 e. The highest BCUT2D eigenvalue weighted by molar-refractivity contribution is 5.99. The first-order chi connectivity index (χ1) is 11.5. The highest BCUT2D eigenvalue weighted by Gasteiger charge is 2.44. The van der Waals surface area contributed by atoms with Crippen LogP contribution in [0.4, 0.5) is 4.79 Å².